The molecule has 0 fully saturated rings. The van der Waals surface area contributed by atoms with Gasteiger partial charge in [0.25, 0.3) is 0 Å². The van der Waals surface area contributed by atoms with Gasteiger partial charge in [0, 0.05) is 46.8 Å². The number of nitrogens with one attached hydrogen (secondary N) is 1. The van der Waals surface area contributed by atoms with Crippen molar-refractivity contribution in [2.45, 2.75) is 6.54 Å². The molecule has 2 amide bonds. The molecule has 4 rings (SSSR count). The molecule has 0 radical (unpaired) electrons. The maximum Gasteiger partial charge on any atom is 0.326 e. The molecule has 7 nitrogen and oxygen atoms in total. The molecular weight excluding hydrogens is 447 g/mol. The van der Waals surface area contributed by atoms with Crippen molar-refractivity contribution < 1.29 is 4.79 Å². The van der Waals surface area contributed by atoms with Gasteiger partial charge in [-0.2, -0.15) is 5.10 Å². The van der Waals surface area contributed by atoms with Gasteiger partial charge in [-0.25, -0.2) is 14.8 Å². The van der Waals surface area contributed by atoms with Crippen molar-refractivity contribution in [3.05, 3.63) is 75.9 Å². The summed E-state index contributed by atoms with van der Waals surface area (Å²) in [6.07, 6.45) is 3.38. The third-order valence-electron chi connectivity index (χ3n) is 4.37. The number of nitrogens with zero attached hydrogens (tertiary/aromatic N) is 5. The number of anilines is 2. The number of carbonyl (C=O) groups excluding carboxylic acids is 1. The topological polar surface area (TPSA) is 75.9 Å². The Bertz CT molecular complexity index is 1230. The van der Waals surface area contributed by atoms with E-state index in [1.165, 1.54) is 6.20 Å². The molecule has 0 bridgehead atoms. The molecule has 0 saturated carbocycles. The van der Waals surface area contributed by atoms with Crippen LogP contribution in [-0.2, 0) is 13.6 Å². The third kappa shape index (κ3) is 4.48. The highest BCUT2D eigenvalue weighted by molar-refractivity contribution is 6.32. The predicted molar refractivity (Wildman–Crippen MR) is 119 cm³/mol. The zero-order valence-corrected chi connectivity index (χ0v) is 17.9. The molecule has 1 N–H and O–H groups in total. The van der Waals surface area contributed by atoms with Gasteiger partial charge in [-0.3, -0.25) is 9.58 Å². The van der Waals surface area contributed by atoms with Gasteiger partial charge >= 0.3 is 6.03 Å². The summed E-state index contributed by atoms with van der Waals surface area (Å²) in [5.74, 6) is 0. The van der Waals surface area contributed by atoms with E-state index in [0.717, 1.165) is 10.9 Å². The van der Waals surface area contributed by atoms with Crippen molar-refractivity contribution in [1.29, 1.82) is 0 Å². The maximum atomic E-state index is 13.2. The minimum absolute atomic E-state index is 0.0395. The second-order valence-corrected chi connectivity index (χ2v) is 7.66. The fourth-order valence-corrected chi connectivity index (χ4v) is 3.44. The molecular formula is C20H15Cl3N6O. The summed E-state index contributed by atoms with van der Waals surface area (Å²) in [4.78, 5) is 22.7. The number of hydrogen-bond donors (Lipinski definition) is 1. The van der Waals surface area contributed by atoms with E-state index in [1.807, 2.05) is 31.4 Å². The normalized spacial score (nSPS) is 10.9. The Balaban J connectivity index is 1.70. The van der Waals surface area contributed by atoms with Gasteiger partial charge in [-0.1, -0.05) is 23.2 Å². The van der Waals surface area contributed by atoms with Gasteiger partial charge in [0.2, 0.25) is 5.28 Å². The van der Waals surface area contributed by atoms with Crippen LogP contribution in [0, 0.1) is 0 Å². The summed E-state index contributed by atoms with van der Waals surface area (Å²) >= 11 is 18.0. The van der Waals surface area contributed by atoms with Crippen LogP contribution in [0.15, 0.2) is 54.9 Å². The Morgan fingerprint density at radius 3 is 2.63 bits per heavy atom. The number of hydrogen-bond acceptors (Lipinski definition) is 4. The van der Waals surface area contributed by atoms with Crippen LogP contribution < -0.4 is 10.2 Å². The van der Waals surface area contributed by atoms with E-state index in [4.69, 9.17) is 34.8 Å². The Morgan fingerprint density at radius 2 is 1.90 bits per heavy atom. The maximum absolute atomic E-state index is 13.2. The van der Waals surface area contributed by atoms with Gasteiger partial charge < -0.3 is 5.32 Å². The Morgan fingerprint density at radius 1 is 1.13 bits per heavy atom. The van der Waals surface area contributed by atoms with Gasteiger partial charge in [0.1, 0.15) is 5.15 Å². The van der Waals surface area contributed by atoms with E-state index < -0.39 is 0 Å². The van der Waals surface area contributed by atoms with Gasteiger partial charge in [-0.15, -0.1) is 0 Å². The molecule has 2 heterocycles. The molecule has 2 aromatic carbocycles. The first-order valence-electron chi connectivity index (χ1n) is 8.83. The number of aromatic nitrogens is 4. The van der Waals surface area contributed by atoms with Crippen LogP contribution in [0.25, 0.3) is 10.9 Å². The van der Waals surface area contributed by atoms with Crippen LogP contribution in [0.1, 0.15) is 5.56 Å². The van der Waals surface area contributed by atoms with E-state index in [2.05, 4.69) is 20.4 Å². The minimum Gasteiger partial charge on any atom is -0.308 e. The van der Waals surface area contributed by atoms with Crippen molar-refractivity contribution in [2.24, 2.45) is 7.05 Å². The molecule has 0 unspecified atom stereocenters. The van der Waals surface area contributed by atoms with E-state index in [0.29, 0.717) is 22.0 Å². The highest BCUT2D eigenvalue weighted by atomic mass is 35.5. The lowest BCUT2D eigenvalue weighted by Crippen LogP contribution is -2.34. The predicted octanol–water partition coefficient (Wildman–Crippen LogP) is 5.56. The van der Waals surface area contributed by atoms with Crippen LogP contribution in [0.2, 0.25) is 15.5 Å². The minimum atomic E-state index is -0.355. The van der Waals surface area contributed by atoms with Crippen LogP contribution >= 0.6 is 34.8 Å². The average molecular weight is 462 g/mol. The standard InChI is InChI=1S/C20H15Cl3N6O/c1-28-10-12-8-16(6-7-17(12)27-28)29(11-13-9-24-19(23)26-18(13)22)20(30)25-15-4-2-14(21)3-5-15/h2-10H,11H2,1H3,(H,25,30). The Labute approximate surface area is 187 Å². The van der Waals surface area contributed by atoms with Crippen LogP contribution in [0.5, 0.6) is 0 Å². The second kappa shape index (κ2) is 8.47. The number of fused-ring (bicyclic) bond motifs is 1. The fraction of sp³-hybridized carbons (Fsp3) is 0.100. The van der Waals surface area contributed by atoms with Crippen molar-refractivity contribution >= 4 is 63.1 Å². The third-order valence-corrected chi connectivity index (χ3v) is 5.13. The van der Waals surface area contributed by atoms with E-state index in [1.54, 1.807) is 33.8 Å². The fourth-order valence-electron chi connectivity index (χ4n) is 2.95. The van der Waals surface area contributed by atoms with E-state index in [9.17, 15) is 4.79 Å². The first kappa shape index (κ1) is 20.4. The highest BCUT2D eigenvalue weighted by Crippen LogP contribution is 2.26. The molecule has 0 aliphatic rings. The van der Waals surface area contributed by atoms with Crippen LogP contribution in [-0.4, -0.2) is 25.8 Å². The number of amides is 2. The smallest absolute Gasteiger partial charge is 0.308 e. The second-order valence-electron chi connectivity index (χ2n) is 6.52. The van der Waals surface area contributed by atoms with Gasteiger partial charge in [0.05, 0.1) is 12.1 Å². The zero-order valence-electron chi connectivity index (χ0n) is 15.7. The summed E-state index contributed by atoms with van der Waals surface area (Å²) in [6.45, 7) is 0.140. The van der Waals surface area contributed by atoms with Gasteiger partial charge in [0.15, 0.2) is 0 Å². The Hall–Kier alpha value is -2.87. The quantitative estimate of drug-likeness (QED) is 0.319. The molecule has 0 aliphatic carbocycles. The summed E-state index contributed by atoms with van der Waals surface area (Å²) in [7, 11) is 1.84. The molecule has 152 valence electrons. The lowest BCUT2D eigenvalue weighted by atomic mass is 10.2. The lowest BCUT2D eigenvalue weighted by molar-refractivity contribution is 0.256. The molecule has 10 heteroatoms. The molecule has 4 aromatic rings. The number of rotatable bonds is 4. The number of aryl methyl sites for hydroxylation is 1. The summed E-state index contributed by atoms with van der Waals surface area (Å²) in [5, 5.41) is 8.94. The largest absolute Gasteiger partial charge is 0.326 e. The number of carbonyl (C=O) groups is 1. The zero-order chi connectivity index (χ0) is 21.3. The molecule has 0 spiro atoms. The first-order valence-corrected chi connectivity index (χ1v) is 9.97. The van der Waals surface area contributed by atoms with Crippen molar-refractivity contribution in [1.82, 2.24) is 19.7 Å². The highest BCUT2D eigenvalue weighted by Gasteiger charge is 2.20. The number of benzene rings is 2. The average Bonchev–Trinajstić information content (AvgIpc) is 3.08. The van der Waals surface area contributed by atoms with Gasteiger partial charge in [-0.05, 0) is 54.1 Å². The Kier molecular flexibility index (Phi) is 5.76. The monoisotopic (exact) mass is 460 g/mol. The van der Waals surface area contributed by atoms with Crippen molar-refractivity contribution in [3.63, 3.8) is 0 Å². The van der Waals surface area contributed by atoms with Crippen LogP contribution in [0.4, 0.5) is 16.2 Å². The van der Waals surface area contributed by atoms with Crippen molar-refractivity contribution in [2.75, 3.05) is 10.2 Å². The molecule has 0 aliphatic heterocycles. The molecule has 2 aromatic heterocycles. The SMILES string of the molecule is Cn1cc2cc(N(Cc3cnc(Cl)nc3Cl)C(=O)Nc3ccc(Cl)cc3)ccc2n1. The first-order chi connectivity index (χ1) is 14.4. The lowest BCUT2D eigenvalue weighted by Gasteiger charge is -2.23. The van der Waals surface area contributed by atoms with Crippen molar-refractivity contribution in [3.8, 4) is 0 Å². The van der Waals surface area contributed by atoms with E-state index >= 15 is 0 Å². The molecule has 30 heavy (non-hydrogen) atoms. The van der Waals surface area contributed by atoms with Crippen LogP contribution in [0.3, 0.4) is 0 Å². The molecule has 0 saturated heterocycles. The summed E-state index contributed by atoms with van der Waals surface area (Å²) in [6, 6.07) is 12.1. The number of halogens is 3. The molecule has 0 atom stereocenters. The van der Waals surface area contributed by atoms with E-state index in [-0.39, 0.29) is 23.0 Å². The number of urea groups is 1. The summed E-state index contributed by atoms with van der Waals surface area (Å²) < 4.78 is 1.72. The summed E-state index contributed by atoms with van der Waals surface area (Å²) in [5.41, 5.74) is 2.65.